The number of amides is 1. The average Bonchev–Trinajstić information content (AvgIpc) is 3.29. The number of unbranched alkanes of at least 4 members (excludes halogenated alkanes) is 1. The number of benzene rings is 2. The highest BCUT2D eigenvalue weighted by atomic mass is 16.5. The third-order valence-corrected chi connectivity index (χ3v) is 5.65. The van der Waals surface area contributed by atoms with Crippen LogP contribution in [0.1, 0.15) is 36.6 Å². The van der Waals surface area contributed by atoms with E-state index in [0.29, 0.717) is 26.1 Å². The van der Waals surface area contributed by atoms with Crippen molar-refractivity contribution in [2.45, 2.75) is 38.6 Å². The number of nitrogens with zero attached hydrogens (tertiary/aromatic N) is 3. The topological polar surface area (TPSA) is 47.4 Å². The van der Waals surface area contributed by atoms with Crippen molar-refractivity contribution in [1.82, 2.24) is 14.5 Å². The second-order valence-electron chi connectivity index (χ2n) is 7.97. The highest BCUT2D eigenvalue weighted by Crippen LogP contribution is 2.30. The van der Waals surface area contributed by atoms with Crippen molar-refractivity contribution < 1.29 is 9.53 Å². The number of likely N-dealkylation sites (tertiary alicyclic amines) is 1. The normalized spacial score (nSPS) is 16.4. The molecule has 0 radical (unpaired) electrons. The van der Waals surface area contributed by atoms with Crippen LogP contribution in [0.2, 0.25) is 0 Å². The fraction of sp³-hybridized carbons (Fsp3) is 0.360. The van der Waals surface area contributed by atoms with Crippen molar-refractivity contribution >= 4 is 16.9 Å². The van der Waals surface area contributed by atoms with Gasteiger partial charge in [0.25, 0.3) is 0 Å². The minimum Gasteiger partial charge on any atom is -0.494 e. The molecule has 1 aromatic heterocycles. The van der Waals surface area contributed by atoms with E-state index in [1.807, 2.05) is 23.1 Å². The first-order chi connectivity index (χ1) is 14.7. The molecule has 30 heavy (non-hydrogen) atoms. The van der Waals surface area contributed by atoms with Gasteiger partial charge >= 0.3 is 0 Å². The van der Waals surface area contributed by atoms with E-state index in [4.69, 9.17) is 9.72 Å². The van der Waals surface area contributed by atoms with Gasteiger partial charge in [-0.3, -0.25) is 4.79 Å². The Hall–Kier alpha value is -3.08. The third kappa shape index (κ3) is 4.40. The number of imidazole rings is 1. The Labute approximate surface area is 178 Å². The van der Waals surface area contributed by atoms with Crippen LogP contribution in [0.4, 0.5) is 0 Å². The molecule has 1 unspecified atom stereocenters. The largest absolute Gasteiger partial charge is 0.494 e. The Morgan fingerprint density at radius 3 is 2.90 bits per heavy atom. The first-order valence-corrected chi connectivity index (χ1v) is 10.7. The molecule has 2 aromatic carbocycles. The SMILES string of the molecule is C=CCN1CC(c2nc3ccccc3n2CCCCOc2cccc(C)c2)CC1=O. The molecule has 1 aliphatic rings. The van der Waals surface area contributed by atoms with Crippen LogP contribution in [-0.2, 0) is 11.3 Å². The minimum atomic E-state index is 0.133. The number of aromatic nitrogens is 2. The van der Waals surface area contributed by atoms with Crippen molar-refractivity contribution in [1.29, 1.82) is 0 Å². The quantitative estimate of drug-likeness (QED) is 0.384. The predicted molar refractivity (Wildman–Crippen MR) is 120 cm³/mol. The van der Waals surface area contributed by atoms with E-state index in [2.05, 4.69) is 48.4 Å². The Balaban J connectivity index is 1.43. The van der Waals surface area contributed by atoms with E-state index in [1.54, 1.807) is 6.08 Å². The van der Waals surface area contributed by atoms with Gasteiger partial charge in [0.1, 0.15) is 11.6 Å². The van der Waals surface area contributed by atoms with E-state index in [0.717, 1.165) is 42.0 Å². The van der Waals surface area contributed by atoms with E-state index in [9.17, 15) is 4.79 Å². The maximum atomic E-state index is 12.4. The molecule has 5 nitrogen and oxygen atoms in total. The zero-order valence-electron chi connectivity index (χ0n) is 17.6. The minimum absolute atomic E-state index is 0.133. The summed E-state index contributed by atoms with van der Waals surface area (Å²) in [4.78, 5) is 19.1. The van der Waals surface area contributed by atoms with Crippen LogP contribution in [-0.4, -0.2) is 40.1 Å². The number of carbonyl (C=O) groups is 1. The van der Waals surface area contributed by atoms with Crippen LogP contribution < -0.4 is 4.74 Å². The molecule has 1 aliphatic heterocycles. The molecule has 5 heteroatoms. The molecule has 4 rings (SSSR count). The highest BCUT2D eigenvalue weighted by molar-refractivity contribution is 5.81. The molecule has 1 saturated heterocycles. The number of aryl methyl sites for hydroxylation is 2. The Kier molecular flexibility index (Phi) is 6.17. The van der Waals surface area contributed by atoms with E-state index in [1.165, 1.54) is 5.56 Å². The van der Waals surface area contributed by atoms with Gasteiger partial charge in [-0.1, -0.05) is 30.3 Å². The maximum Gasteiger partial charge on any atom is 0.223 e. The van der Waals surface area contributed by atoms with E-state index >= 15 is 0 Å². The van der Waals surface area contributed by atoms with Gasteiger partial charge in [-0.15, -0.1) is 6.58 Å². The summed E-state index contributed by atoms with van der Waals surface area (Å²) in [7, 11) is 0. The van der Waals surface area contributed by atoms with Gasteiger partial charge in [0.2, 0.25) is 5.91 Å². The lowest BCUT2D eigenvalue weighted by Gasteiger charge is -2.15. The van der Waals surface area contributed by atoms with Crippen molar-refractivity contribution in [2.75, 3.05) is 19.7 Å². The van der Waals surface area contributed by atoms with E-state index < -0.39 is 0 Å². The molecule has 0 N–H and O–H groups in total. The molecule has 0 aliphatic carbocycles. The van der Waals surface area contributed by atoms with Gasteiger partial charge in [0, 0.05) is 32.0 Å². The Bertz CT molecular complexity index is 1040. The van der Waals surface area contributed by atoms with Crippen molar-refractivity contribution in [3.8, 4) is 5.75 Å². The van der Waals surface area contributed by atoms with Crippen molar-refractivity contribution in [3.63, 3.8) is 0 Å². The summed E-state index contributed by atoms with van der Waals surface area (Å²) in [6, 6.07) is 16.4. The summed E-state index contributed by atoms with van der Waals surface area (Å²) in [5, 5.41) is 0. The zero-order valence-corrected chi connectivity index (χ0v) is 17.6. The van der Waals surface area contributed by atoms with Crippen molar-refractivity contribution in [3.05, 3.63) is 72.6 Å². The molecule has 1 amide bonds. The number of hydrogen-bond acceptors (Lipinski definition) is 3. The summed E-state index contributed by atoms with van der Waals surface area (Å²) in [6.07, 6.45) is 4.27. The van der Waals surface area contributed by atoms with Crippen LogP contribution in [0.15, 0.2) is 61.2 Å². The number of hydrogen-bond donors (Lipinski definition) is 0. The van der Waals surface area contributed by atoms with Crippen LogP contribution >= 0.6 is 0 Å². The lowest BCUT2D eigenvalue weighted by Crippen LogP contribution is -2.25. The fourth-order valence-electron chi connectivity index (χ4n) is 4.19. The van der Waals surface area contributed by atoms with Gasteiger partial charge in [-0.25, -0.2) is 4.98 Å². The predicted octanol–water partition coefficient (Wildman–Crippen LogP) is 4.71. The Morgan fingerprint density at radius 2 is 2.07 bits per heavy atom. The first kappa shape index (κ1) is 20.2. The Morgan fingerprint density at radius 1 is 1.20 bits per heavy atom. The first-order valence-electron chi connectivity index (χ1n) is 10.7. The molecule has 1 atom stereocenters. The number of ether oxygens (including phenoxy) is 1. The lowest BCUT2D eigenvalue weighted by molar-refractivity contribution is -0.127. The molecule has 0 bridgehead atoms. The molecule has 2 heterocycles. The number of carbonyl (C=O) groups excluding carboxylic acids is 1. The van der Waals surface area contributed by atoms with Gasteiger partial charge in [-0.05, 0) is 49.6 Å². The maximum absolute atomic E-state index is 12.4. The third-order valence-electron chi connectivity index (χ3n) is 5.65. The second-order valence-corrected chi connectivity index (χ2v) is 7.97. The summed E-state index contributed by atoms with van der Waals surface area (Å²) >= 11 is 0. The van der Waals surface area contributed by atoms with Crippen LogP contribution in [0.5, 0.6) is 5.75 Å². The molecule has 0 saturated carbocycles. The number of fused-ring (bicyclic) bond motifs is 1. The summed E-state index contributed by atoms with van der Waals surface area (Å²) in [5.74, 6) is 2.27. The smallest absolute Gasteiger partial charge is 0.223 e. The summed E-state index contributed by atoms with van der Waals surface area (Å²) in [6.45, 7) is 8.72. The fourth-order valence-corrected chi connectivity index (χ4v) is 4.19. The van der Waals surface area contributed by atoms with Crippen LogP contribution in [0.25, 0.3) is 11.0 Å². The van der Waals surface area contributed by atoms with E-state index in [-0.39, 0.29) is 11.8 Å². The van der Waals surface area contributed by atoms with Crippen LogP contribution in [0.3, 0.4) is 0 Å². The van der Waals surface area contributed by atoms with Crippen molar-refractivity contribution in [2.24, 2.45) is 0 Å². The molecule has 1 fully saturated rings. The van der Waals surface area contributed by atoms with Crippen LogP contribution in [0, 0.1) is 6.92 Å². The zero-order chi connectivity index (χ0) is 20.9. The van der Waals surface area contributed by atoms with Gasteiger partial charge in [0.15, 0.2) is 0 Å². The van der Waals surface area contributed by atoms with Gasteiger partial charge in [-0.2, -0.15) is 0 Å². The number of para-hydroxylation sites is 2. The molecule has 0 spiro atoms. The molecule has 3 aromatic rings. The second kappa shape index (κ2) is 9.16. The highest BCUT2D eigenvalue weighted by Gasteiger charge is 2.33. The summed E-state index contributed by atoms with van der Waals surface area (Å²) < 4.78 is 8.20. The van der Waals surface area contributed by atoms with Gasteiger partial charge in [0.05, 0.1) is 17.6 Å². The standard InChI is InChI=1S/C25H29N3O2/c1-3-13-27-18-20(17-24(27)29)25-26-22-11-4-5-12-23(22)28(25)14-6-7-15-30-21-10-8-9-19(2)16-21/h3-5,8-12,16,20H,1,6-7,13-15,17-18H2,2H3. The molecular weight excluding hydrogens is 374 g/mol. The monoisotopic (exact) mass is 403 g/mol. The number of rotatable bonds is 9. The lowest BCUT2D eigenvalue weighted by atomic mass is 10.1. The van der Waals surface area contributed by atoms with Gasteiger partial charge < -0.3 is 14.2 Å². The molecular formula is C25H29N3O2. The average molecular weight is 404 g/mol. The molecule has 156 valence electrons. The summed E-state index contributed by atoms with van der Waals surface area (Å²) in [5.41, 5.74) is 3.35.